The Hall–Kier alpha value is -1.54. The van der Waals surface area contributed by atoms with Crippen LogP contribution in [0.3, 0.4) is 0 Å². The summed E-state index contributed by atoms with van der Waals surface area (Å²) in [5.41, 5.74) is 0. The fraction of sp³-hybridized carbons (Fsp3) is 0.455. The van der Waals surface area contributed by atoms with Gasteiger partial charge < -0.3 is 24.1 Å². The molecule has 0 bridgehead atoms. The molecular formula is C22H30O5Si. The van der Waals surface area contributed by atoms with Gasteiger partial charge >= 0.3 is 0 Å². The highest BCUT2D eigenvalue weighted by molar-refractivity contribution is 6.99. The standard InChI is InChI=1S/C22H30O5Si/c1-22(2,3)28(16-11-7-5-8-12-16,17-13-9-6-10-14-17)26-15-18-19(23)20(24)21(25-4)27-18/h5-14,18-21,23-24H,15H2,1-4H3/t18-,19-,20-,21-/m1/s1. The van der Waals surface area contributed by atoms with E-state index in [4.69, 9.17) is 13.9 Å². The van der Waals surface area contributed by atoms with Crippen LogP contribution in [-0.4, -0.2) is 56.8 Å². The summed E-state index contributed by atoms with van der Waals surface area (Å²) in [6.45, 7) is 6.75. The predicted molar refractivity (Wildman–Crippen MR) is 111 cm³/mol. The average molecular weight is 403 g/mol. The summed E-state index contributed by atoms with van der Waals surface area (Å²) >= 11 is 0. The summed E-state index contributed by atoms with van der Waals surface area (Å²) in [4.78, 5) is 0. The van der Waals surface area contributed by atoms with Crippen molar-refractivity contribution in [1.82, 2.24) is 0 Å². The third-order valence-electron chi connectivity index (χ3n) is 5.43. The van der Waals surface area contributed by atoms with Gasteiger partial charge in [0, 0.05) is 7.11 Å². The van der Waals surface area contributed by atoms with Crippen LogP contribution in [0.1, 0.15) is 20.8 Å². The van der Waals surface area contributed by atoms with Crippen LogP contribution in [0.4, 0.5) is 0 Å². The molecule has 1 heterocycles. The van der Waals surface area contributed by atoms with E-state index >= 15 is 0 Å². The van der Waals surface area contributed by atoms with Crippen molar-refractivity contribution in [3.8, 4) is 0 Å². The molecule has 1 fully saturated rings. The molecule has 152 valence electrons. The van der Waals surface area contributed by atoms with Gasteiger partial charge in [-0.15, -0.1) is 0 Å². The first-order valence-corrected chi connectivity index (χ1v) is 11.5. The minimum atomic E-state index is -2.71. The van der Waals surface area contributed by atoms with E-state index in [-0.39, 0.29) is 11.6 Å². The molecule has 0 unspecified atom stereocenters. The molecule has 0 spiro atoms. The van der Waals surface area contributed by atoms with Gasteiger partial charge in [-0.3, -0.25) is 0 Å². The van der Waals surface area contributed by atoms with E-state index in [1.165, 1.54) is 7.11 Å². The third-order valence-corrected chi connectivity index (χ3v) is 10.4. The summed E-state index contributed by atoms with van der Waals surface area (Å²) in [6.07, 6.45) is -3.63. The zero-order chi connectivity index (χ0) is 20.4. The summed E-state index contributed by atoms with van der Waals surface area (Å²) in [5, 5.41) is 22.6. The first kappa shape index (κ1) is 21.2. The Kier molecular flexibility index (Phi) is 6.39. The van der Waals surface area contributed by atoms with Crippen molar-refractivity contribution in [2.75, 3.05) is 13.7 Å². The van der Waals surface area contributed by atoms with Gasteiger partial charge in [0.05, 0.1) is 6.61 Å². The lowest BCUT2D eigenvalue weighted by molar-refractivity contribution is -0.152. The highest BCUT2D eigenvalue weighted by atomic mass is 28.4. The minimum absolute atomic E-state index is 0.168. The van der Waals surface area contributed by atoms with Crippen LogP contribution in [0.5, 0.6) is 0 Å². The smallest absolute Gasteiger partial charge is 0.261 e. The molecule has 2 N–H and O–H groups in total. The van der Waals surface area contributed by atoms with Crippen LogP contribution >= 0.6 is 0 Å². The van der Waals surface area contributed by atoms with Crippen molar-refractivity contribution < 1.29 is 24.1 Å². The molecule has 0 aliphatic carbocycles. The number of rotatable bonds is 6. The van der Waals surface area contributed by atoms with Crippen LogP contribution in [0.15, 0.2) is 60.7 Å². The van der Waals surface area contributed by atoms with Gasteiger partial charge in [0.15, 0.2) is 6.29 Å². The Morgan fingerprint density at radius 1 is 0.893 bits per heavy atom. The van der Waals surface area contributed by atoms with Crippen LogP contribution in [0.25, 0.3) is 0 Å². The van der Waals surface area contributed by atoms with Crippen LogP contribution < -0.4 is 10.4 Å². The molecule has 0 saturated carbocycles. The topological polar surface area (TPSA) is 68.2 Å². The summed E-state index contributed by atoms with van der Waals surface area (Å²) in [5.74, 6) is 0. The van der Waals surface area contributed by atoms with E-state index in [0.29, 0.717) is 0 Å². The fourth-order valence-electron chi connectivity index (χ4n) is 4.02. The second kappa shape index (κ2) is 8.45. The Labute approximate surface area is 168 Å². The molecular weight excluding hydrogens is 372 g/mol. The zero-order valence-corrected chi connectivity index (χ0v) is 17.9. The van der Waals surface area contributed by atoms with Crippen molar-refractivity contribution in [3.05, 3.63) is 60.7 Å². The van der Waals surface area contributed by atoms with Crippen molar-refractivity contribution in [3.63, 3.8) is 0 Å². The van der Waals surface area contributed by atoms with Crippen molar-refractivity contribution in [1.29, 1.82) is 0 Å². The Morgan fingerprint density at radius 2 is 1.39 bits per heavy atom. The third kappa shape index (κ3) is 3.81. The Morgan fingerprint density at radius 3 is 1.79 bits per heavy atom. The van der Waals surface area contributed by atoms with Crippen LogP contribution in [0.2, 0.25) is 5.04 Å². The Bertz CT molecular complexity index is 707. The number of hydrogen-bond donors (Lipinski definition) is 2. The number of benzene rings is 2. The molecule has 1 saturated heterocycles. The lowest BCUT2D eigenvalue weighted by Crippen LogP contribution is -2.67. The minimum Gasteiger partial charge on any atom is -0.405 e. The summed E-state index contributed by atoms with van der Waals surface area (Å²) < 4.78 is 17.6. The average Bonchev–Trinajstić information content (AvgIpc) is 2.97. The van der Waals surface area contributed by atoms with Gasteiger partial charge in [0.1, 0.15) is 18.3 Å². The van der Waals surface area contributed by atoms with Gasteiger partial charge in [-0.1, -0.05) is 81.4 Å². The second-order valence-corrected chi connectivity index (χ2v) is 12.5. The maximum absolute atomic E-state index is 10.4. The maximum atomic E-state index is 10.4. The second-order valence-electron chi connectivity index (χ2n) is 8.23. The first-order chi connectivity index (χ1) is 13.3. The zero-order valence-electron chi connectivity index (χ0n) is 16.9. The number of aliphatic hydroxyl groups excluding tert-OH is 2. The molecule has 0 amide bonds. The lowest BCUT2D eigenvalue weighted by Gasteiger charge is -2.43. The quantitative estimate of drug-likeness (QED) is 0.720. The monoisotopic (exact) mass is 402 g/mol. The van der Waals surface area contributed by atoms with Gasteiger partial charge in [0.25, 0.3) is 8.32 Å². The molecule has 3 rings (SSSR count). The Balaban J connectivity index is 2.00. The van der Waals surface area contributed by atoms with Gasteiger partial charge in [-0.05, 0) is 15.4 Å². The SMILES string of the molecule is CO[C@@H]1O[C@H](CO[Si](c2ccccc2)(c2ccccc2)C(C)(C)C)[C@@H](O)[C@H]1O. The maximum Gasteiger partial charge on any atom is 0.261 e. The fourth-order valence-corrected chi connectivity index (χ4v) is 8.59. The molecule has 0 aromatic heterocycles. The number of aliphatic hydroxyl groups is 2. The molecule has 2 aromatic rings. The molecule has 0 radical (unpaired) electrons. The number of hydrogen-bond acceptors (Lipinski definition) is 5. The number of ether oxygens (including phenoxy) is 2. The summed E-state index contributed by atoms with van der Waals surface area (Å²) in [6, 6.07) is 20.6. The van der Waals surface area contributed by atoms with Gasteiger partial charge in [0.2, 0.25) is 0 Å². The van der Waals surface area contributed by atoms with Crippen LogP contribution in [-0.2, 0) is 13.9 Å². The van der Waals surface area contributed by atoms with E-state index in [2.05, 4.69) is 45.0 Å². The van der Waals surface area contributed by atoms with Crippen LogP contribution in [0, 0.1) is 0 Å². The normalized spacial score (nSPS) is 25.8. The molecule has 1 aliphatic heterocycles. The van der Waals surface area contributed by atoms with E-state index in [1.807, 2.05) is 36.4 Å². The molecule has 5 nitrogen and oxygen atoms in total. The lowest BCUT2D eigenvalue weighted by atomic mass is 10.1. The molecule has 6 heteroatoms. The highest BCUT2D eigenvalue weighted by Gasteiger charge is 2.52. The van der Waals surface area contributed by atoms with E-state index in [0.717, 1.165) is 10.4 Å². The molecule has 1 aliphatic rings. The van der Waals surface area contributed by atoms with E-state index in [9.17, 15) is 10.2 Å². The van der Waals surface area contributed by atoms with Crippen molar-refractivity contribution in [2.45, 2.75) is 50.4 Å². The largest absolute Gasteiger partial charge is 0.405 e. The first-order valence-electron chi connectivity index (χ1n) is 9.60. The van der Waals surface area contributed by atoms with Crippen molar-refractivity contribution >= 4 is 18.7 Å². The number of methoxy groups -OCH3 is 1. The van der Waals surface area contributed by atoms with Gasteiger partial charge in [-0.25, -0.2) is 0 Å². The molecule has 4 atom stereocenters. The molecule has 28 heavy (non-hydrogen) atoms. The van der Waals surface area contributed by atoms with Gasteiger partial charge in [-0.2, -0.15) is 0 Å². The van der Waals surface area contributed by atoms with Crippen molar-refractivity contribution in [2.24, 2.45) is 0 Å². The highest BCUT2D eigenvalue weighted by Crippen LogP contribution is 2.37. The predicted octanol–water partition coefficient (Wildman–Crippen LogP) is 1.66. The van der Waals surface area contributed by atoms with E-state index < -0.39 is 32.9 Å². The summed E-state index contributed by atoms with van der Waals surface area (Å²) in [7, 11) is -1.26. The molecule has 2 aromatic carbocycles. The van der Waals surface area contributed by atoms with E-state index in [1.54, 1.807) is 0 Å².